The quantitative estimate of drug-likeness (QED) is 0.761. The number of nitrogens with zero attached hydrogens (tertiary/aromatic N) is 4. The van der Waals surface area contributed by atoms with Crippen LogP contribution in [0.1, 0.15) is 45.0 Å². The van der Waals surface area contributed by atoms with Crippen molar-refractivity contribution in [1.82, 2.24) is 15.2 Å². The number of carbonyl (C=O) groups is 1. The molecule has 1 fully saturated rings. The van der Waals surface area contributed by atoms with Crippen molar-refractivity contribution in [3.63, 3.8) is 0 Å². The van der Waals surface area contributed by atoms with Gasteiger partial charge in [-0.1, -0.05) is 13.8 Å². The Bertz CT molecular complexity index is 478. The lowest BCUT2D eigenvalue weighted by Gasteiger charge is -2.23. The summed E-state index contributed by atoms with van der Waals surface area (Å²) in [5, 5.41) is 8.44. The zero-order valence-corrected chi connectivity index (χ0v) is 12.4. The number of aromatic nitrogens is 3. The van der Waals surface area contributed by atoms with Crippen LogP contribution in [0.3, 0.4) is 0 Å². The van der Waals surface area contributed by atoms with Crippen molar-refractivity contribution in [3.8, 4) is 0 Å². The van der Waals surface area contributed by atoms with Gasteiger partial charge in [0, 0.05) is 6.54 Å². The summed E-state index contributed by atoms with van der Waals surface area (Å²) in [5.74, 6) is 0.362. The van der Waals surface area contributed by atoms with Gasteiger partial charge in [-0.05, 0) is 32.6 Å². The van der Waals surface area contributed by atoms with Gasteiger partial charge in [-0.15, -0.1) is 5.10 Å². The van der Waals surface area contributed by atoms with Crippen molar-refractivity contribution in [3.05, 3.63) is 11.4 Å². The highest BCUT2D eigenvalue weighted by Crippen LogP contribution is 2.23. The second-order valence-electron chi connectivity index (χ2n) is 4.82. The summed E-state index contributed by atoms with van der Waals surface area (Å²) in [6, 6.07) is -0.270. The predicted molar refractivity (Wildman–Crippen MR) is 75.6 cm³/mol. The average Bonchev–Trinajstić information content (AvgIpc) is 2.96. The van der Waals surface area contributed by atoms with E-state index >= 15 is 0 Å². The molecule has 0 N–H and O–H groups in total. The van der Waals surface area contributed by atoms with Gasteiger partial charge in [0.1, 0.15) is 6.04 Å². The number of hydrogen-bond donors (Lipinski definition) is 0. The molecule has 2 rings (SSSR count). The zero-order chi connectivity index (χ0) is 14.5. The summed E-state index contributed by atoms with van der Waals surface area (Å²) in [7, 11) is 0. The van der Waals surface area contributed by atoms with Crippen molar-refractivity contribution in [2.75, 3.05) is 18.1 Å². The van der Waals surface area contributed by atoms with E-state index in [4.69, 9.17) is 4.74 Å². The maximum Gasteiger partial charge on any atom is 0.328 e. The van der Waals surface area contributed by atoms with E-state index in [-0.39, 0.29) is 12.0 Å². The number of aryl methyl sites for hydroxylation is 2. The van der Waals surface area contributed by atoms with E-state index in [0.717, 1.165) is 43.6 Å². The lowest BCUT2D eigenvalue weighted by Crippen LogP contribution is -2.38. The highest BCUT2D eigenvalue weighted by atomic mass is 16.5. The van der Waals surface area contributed by atoms with E-state index in [1.807, 2.05) is 18.7 Å². The van der Waals surface area contributed by atoms with Gasteiger partial charge in [-0.3, -0.25) is 0 Å². The molecule has 20 heavy (non-hydrogen) atoms. The Morgan fingerprint density at radius 2 is 2.00 bits per heavy atom. The summed E-state index contributed by atoms with van der Waals surface area (Å²) in [5.41, 5.74) is 1.90. The molecule has 6 nitrogen and oxygen atoms in total. The summed E-state index contributed by atoms with van der Waals surface area (Å²) < 4.78 is 5.12. The fourth-order valence-corrected chi connectivity index (χ4v) is 2.54. The molecule has 1 aliphatic heterocycles. The molecule has 1 aromatic heterocycles. The highest BCUT2D eigenvalue weighted by Gasteiger charge is 2.34. The normalized spacial score (nSPS) is 18.4. The van der Waals surface area contributed by atoms with Crippen LogP contribution in [0.15, 0.2) is 0 Å². The fraction of sp³-hybridized carbons (Fsp3) is 0.714. The van der Waals surface area contributed by atoms with Crippen molar-refractivity contribution in [1.29, 1.82) is 0 Å². The first kappa shape index (κ1) is 14.7. The first-order chi connectivity index (χ1) is 9.71. The van der Waals surface area contributed by atoms with Crippen LogP contribution in [0, 0.1) is 0 Å². The van der Waals surface area contributed by atoms with Crippen molar-refractivity contribution >= 4 is 11.9 Å². The van der Waals surface area contributed by atoms with E-state index < -0.39 is 0 Å². The SMILES string of the molecule is CCOC(=O)C1CCCN1c1nnc(CC)c(CC)n1. The molecular weight excluding hydrogens is 256 g/mol. The van der Waals surface area contributed by atoms with Crippen LogP contribution in [0.4, 0.5) is 5.95 Å². The van der Waals surface area contributed by atoms with Crippen molar-refractivity contribution in [2.45, 2.75) is 52.5 Å². The van der Waals surface area contributed by atoms with Crippen LogP contribution < -0.4 is 4.90 Å². The second kappa shape index (κ2) is 6.63. The zero-order valence-electron chi connectivity index (χ0n) is 12.4. The Hall–Kier alpha value is -1.72. The molecule has 1 aromatic rings. The third-order valence-corrected chi connectivity index (χ3v) is 3.57. The lowest BCUT2D eigenvalue weighted by molar-refractivity contribution is -0.144. The number of rotatable bonds is 5. The van der Waals surface area contributed by atoms with Crippen LogP contribution in [-0.4, -0.2) is 40.3 Å². The third kappa shape index (κ3) is 2.89. The lowest BCUT2D eigenvalue weighted by atomic mass is 10.2. The molecule has 0 radical (unpaired) electrons. The monoisotopic (exact) mass is 278 g/mol. The Morgan fingerprint density at radius 3 is 2.65 bits per heavy atom. The Balaban J connectivity index is 2.23. The van der Waals surface area contributed by atoms with Crippen molar-refractivity contribution in [2.24, 2.45) is 0 Å². The molecule has 1 unspecified atom stereocenters. The van der Waals surface area contributed by atoms with E-state index in [1.165, 1.54) is 0 Å². The van der Waals surface area contributed by atoms with Crippen LogP contribution in [0.5, 0.6) is 0 Å². The second-order valence-corrected chi connectivity index (χ2v) is 4.82. The molecule has 110 valence electrons. The minimum Gasteiger partial charge on any atom is -0.464 e. The summed E-state index contributed by atoms with van der Waals surface area (Å²) in [6.45, 7) is 7.10. The minimum absolute atomic E-state index is 0.189. The Labute approximate surface area is 119 Å². The van der Waals surface area contributed by atoms with Gasteiger partial charge >= 0.3 is 5.97 Å². The van der Waals surface area contributed by atoms with Gasteiger partial charge < -0.3 is 9.64 Å². The number of ether oxygens (including phenoxy) is 1. The van der Waals surface area contributed by atoms with Crippen LogP contribution >= 0.6 is 0 Å². The standard InChI is InChI=1S/C14H22N4O2/c1-4-10-11(5-2)16-17-14(15-10)18-9-7-8-12(18)13(19)20-6-3/h12H,4-9H2,1-3H3. The van der Waals surface area contributed by atoms with E-state index in [0.29, 0.717) is 12.6 Å². The molecule has 1 aliphatic rings. The van der Waals surface area contributed by atoms with Crippen LogP contribution in [0.25, 0.3) is 0 Å². The topological polar surface area (TPSA) is 68.2 Å². The Morgan fingerprint density at radius 1 is 1.25 bits per heavy atom. The minimum atomic E-state index is -0.270. The molecule has 6 heteroatoms. The summed E-state index contributed by atoms with van der Waals surface area (Å²) in [4.78, 5) is 18.5. The molecule has 0 bridgehead atoms. The summed E-state index contributed by atoms with van der Waals surface area (Å²) >= 11 is 0. The van der Waals surface area contributed by atoms with Gasteiger partial charge in [0.25, 0.3) is 0 Å². The van der Waals surface area contributed by atoms with E-state index in [2.05, 4.69) is 22.1 Å². The number of hydrogen-bond acceptors (Lipinski definition) is 6. The fourth-order valence-electron chi connectivity index (χ4n) is 2.54. The van der Waals surface area contributed by atoms with E-state index in [1.54, 1.807) is 0 Å². The maximum atomic E-state index is 12.0. The molecule has 0 amide bonds. The van der Waals surface area contributed by atoms with Gasteiger partial charge in [0.05, 0.1) is 18.0 Å². The molecular formula is C14H22N4O2. The molecule has 1 atom stereocenters. The van der Waals surface area contributed by atoms with E-state index in [9.17, 15) is 4.79 Å². The molecule has 0 aromatic carbocycles. The predicted octanol–water partition coefficient (Wildman–Crippen LogP) is 1.53. The molecule has 1 saturated heterocycles. The van der Waals surface area contributed by atoms with Gasteiger partial charge in [-0.2, -0.15) is 5.10 Å². The molecule has 0 aliphatic carbocycles. The largest absolute Gasteiger partial charge is 0.464 e. The molecule has 2 heterocycles. The van der Waals surface area contributed by atoms with Gasteiger partial charge in [-0.25, -0.2) is 9.78 Å². The molecule has 0 saturated carbocycles. The maximum absolute atomic E-state index is 12.0. The Kier molecular flexibility index (Phi) is 4.87. The van der Waals surface area contributed by atoms with Crippen molar-refractivity contribution < 1.29 is 9.53 Å². The summed E-state index contributed by atoms with van der Waals surface area (Å²) in [6.07, 6.45) is 3.39. The highest BCUT2D eigenvalue weighted by molar-refractivity contribution is 5.80. The van der Waals surface area contributed by atoms with Gasteiger partial charge in [0.15, 0.2) is 0 Å². The number of carbonyl (C=O) groups excluding carboxylic acids is 1. The van der Waals surface area contributed by atoms with Crippen LogP contribution in [-0.2, 0) is 22.4 Å². The number of anilines is 1. The first-order valence-corrected chi connectivity index (χ1v) is 7.36. The molecule has 0 spiro atoms. The third-order valence-electron chi connectivity index (χ3n) is 3.57. The number of esters is 1. The van der Waals surface area contributed by atoms with Gasteiger partial charge in [0.2, 0.25) is 5.95 Å². The smallest absolute Gasteiger partial charge is 0.328 e. The average molecular weight is 278 g/mol. The van der Waals surface area contributed by atoms with Crippen LogP contribution in [0.2, 0.25) is 0 Å². The first-order valence-electron chi connectivity index (χ1n) is 7.36.